The number of furan rings is 1. The SMILES string of the molecule is CNC(c1ccc(C)o1)c1ccc(OC)cc1Cl. The number of hydrogen-bond donors (Lipinski definition) is 1. The van der Waals surface area contributed by atoms with Crippen LogP contribution in [0.3, 0.4) is 0 Å². The molecule has 0 spiro atoms. The number of benzene rings is 1. The highest BCUT2D eigenvalue weighted by atomic mass is 35.5. The molecule has 0 aliphatic heterocycles. The Morgan fingerprint density at radius 2 is 2.06 bits per heavy atom. The van der Waals surface area contributed by atoms with E-state index in [0.29, 0.717) is 5.02 Å². The van der Waals surface area contributed by atoms with Crippen LogP contribution in [0.15, 0.2) is 34.7 Å². The third-order valence-corrected chi connectivity index (χ3v) is 3.18. The largest absolute Gasteiger partial charge is 0.497 e. The molecule has 0 radical (unpaired) electrons. The summed E-state index contributed by atoms with van der Waals surface area (Å²) in [6, 6.07) is 9.48. The maximum atomic E-state index is 6.28. The summed E-state index contributed by atoms with van der Waals surface area (Å²) in [5.74, 6) is 2.48. The van der Waals surface area contributed by atoms with Gasteiger partial charge in [0.05, 0.1) is 13.2 Å². The van der Waals surface area contributed by atoms with E-state index in [9.17, 15) is 0 Å². The summed E-state index contributed by atoms with van der Waals surface area (Å²) in [7, 11) is 3.50. The van der Waals surface area contributed by atoms with Gasteiger partial charge in [-0.2, -0.15) is 0 Å². The molecule has 0 amide bonds. The molecule has 0 saturated heterocycles. The van der Waals surface area contributed by atoms with Crippen molar-refractivity contribution in [3.63, 3.8) is 0 Å². The molecule has 1 heterocycles. The van der Waals surface area contributed by atoms with Gasteiger partial charge in [0.2, 0.25) is 0 Å². The Kier molecular flexibility index (Phi) is 3.94. The van der Waals surface area contributed by atoms with Crippen molar-refractivity contribution in [1.29, 1.82) is 0 Å². The molecule has 1 atom stereocenters. The van der Waals surface area contributed by atoms with Crippen LogP contribution >= 0.6 is 11.6 Å². The molecule has 0 aliphatic carbocycles. The lowest BCUT2D eigenvalue weighted by Gasteiger charge is -2.16. The first-order valence-corrected chi connectivity index (χ1v) is 6.10. The van der Waals surface area contributed by atoms with E-state index >= 15 is 0 Å². The van der Waals surface area contributed by atoms with Gasteiger partial charge in [0.1, 0.15) is 17.3 Å². The first kappa shape index (κ1) is 13.0. The number of ether oxygens (including phenoxy) is 1. The van der Waals surface area contributed by atoms with Crippen LogP contribution in [-0.4, -0.2) is 14.2 Å². The van der Waals surface area contributed by atoms with Gasteiger partial charge >= 0.3 is 0 Å². The zero-order valence-corrected chi connectivity index (χ0v) is 11.4. The van der Waals surface area contributed by atoms with Crippen molar-refractivity contribution in [1.82, 2.24) is 5.32 Å². The Hall–Kier alpha value is -1.45. The Balaban J connectivity index is 2.39. The topological polar surface area (TPSA) is 34.4 Å². The van der Waals surface area contributed by atoms with E-state index in [1.54, 1.807) is 13.2 Å². The van der Waals surface area contributed by atoms with Crippen LogP contribution in [0.2, 0.25) is 5.02 Å². The number of nitrogens with one attached hydrogen (secondary N) is 1. The summed E-state index contributed by atoms with van der Waals surface area (Å²) in [6.07, 6.45) is 0. The molecule has 0 aliphatic rings. The van der Waals surface area contributed by atoms with Crippen LogP contribution in [0.5, 0.6) is 5.75 Å². The second-order valence-electron chi connectivity index (χ2n) is 4.06. The van der Waals surface area contributed by atoms with Crippen LogP contribution in [-0.2, 0) is 0 Å². The van der Waals surface area contributed by atoms with E-state index < -0.39 is 0 Å². The smallest absolute Gasteiger partial charge is 0.125 e. The van der Waals surface area contributed by atoms with Gasteiger partial charge in [-0.25, -0.2) is 0 Å². The molecular formula is C14H16ClNO2. The third-order valence-electron chi connectivity index (χ3n) is 2.85. The van der Waals surface area contributed by atoms with Crippen molar-refractivity contribution in [3.05, 3.63) is 52.4 Å². The number of rotatable bonds is 4. The first-order chi connectivity index (χ1) is 8.65. The van der Waals surface area contributed by atoms with Crippen LogP contribution in [0.1, 0.15) is 23.1 Å². The molecule has 96 valence electrons. The molecule has 1 aromatic heterocycles. The van der Waals surface area contributed by atoms with Gasteiger partial charge in [-0.3, -0.25) is 0 Å². The van der Waals surface area contributed by atoms with Gasteiger partial charge in [0.15, 0.2) is 0 Å². The summed E-state index contributed by atoms with van der Waals surface area (Å²) in [4.78, 5) is 0. The van der Waals surface area contributed by atoms with Crippen molar-refractivity contribution in [3.8, 4) is 5.75 Å². The van der Waals surface area contributed by atoms with Gasteiger partial charge < -0.3 is 14.5 Å². The van der Waals surface area contributed by atoms with Crippen LogP contribution in [0, 0.1) is 6.92 Å². The minimum atomic E-state index is -0.0582. The third kappa shape index (κ3) is 2.52. The van der Waals surface area contributed by atoms with Crippen molar-refractivity contribution in [2.45, 2.75) is 13.0 Å². The van der Waals surface area contributed by atoms with E-state index in [1.807, 2.05) is 38.2 Å². The lowest BCUT2D eigenvalue weighted by molar-refractivity contribution is 0.413. The van der Waals surface area contributed by atoms with Crippen molar-refractivity contribution in [2.75, 3.05) is 14.2 Å². The van der Waals surface area contributed by atoms with E-state index in [2.05, 4.69) is 5.32 Å². The number of aryl methyl sites for hydroxylation is 1. The summed E-state index contributed by atoms with van der Waals surface area (Å²) < 4.78 is 10.8. The minimum Gasteiger partial charge on any atom is -0.497 e. The first-order valence-electron chi connectivity index (χ1n) is 5.72. The molecule has 1 N–H and O–H groups in total. The normalized spacial score (nSPS) is 12.4. The fraction of sp³-hybridized carbons (Fsp3) is 0.286. The zero-order chi connectivity index (χ0) is 13.1. The van der Waals surface area contributed by atoms with Crippen LogP contribution < -0.4 is 10.1 Å². The maximum absolute atomic E-state index is 6.28. The molecule has 2 aromatic rings. The fourth-order valence-corrected chi connectivity index (χ4v) is 2.21. The minimum absolute atomic E-state index is 0.0582. The maximum Gasteiger partial charge on any atom is 0.125 e. The Bertz CT molecular complexity index is 536. The highest BCUT2D eigenvalue weighted by Crippen LogP contribution is 2.31. The predicted octanol–water partition coefficient (Wildman–Crippen LogP) is 3.56. The van der Waals surface area contributed by atoms with E-state index in [1.165, 1.54) is 0 Å². The lowest BCUT2D eigenvalue weighted by Crippen LogP contribution is -2.17. The highest BCUT2D eigenvalue weighted by Gasteiger charge is 2.18. The van der Waals surface area contributed by atoms with Crippen molar-refractivity contribution < 1.29 is 9.15 Å². The molecule has 18 heavy (non-hydrogen) atoms. The van der Waals surface area contributed by atoms with E-state index in [4.69, 9.17) is 20.8 Å². The van der Waals surface area contributed by atoms with Gasteiger partial charge in [-0.05, 0) is 43.8 Å². The van der Waals surface area contributed by atoms with Crippen LogP contribution in [0.4, 0.5) is 0 Å². The molecule has 2 rings (SSSR count). The average molecular weight is 266 g/mol. The molecule has 0 bridgehead atoms. The van der Waals surface area contributed by atoms with E-state index in [-0.39, 0.29) is 6.04 Å². The molecule has 0 fully saturated rings. The highest BCUT2D eigenvalue weighted by molar-refractivity contribution is 6.31. The molecule has 4 heteroatoms. The Morgan fingerprint density at radius 1 is 1.28 bits per heavy atom. The van der Waals surface area contributed by atoms with E-state index in [0.717, 1.165) is 22.8 Å². The van der Waals surface area contributed by atoms with Gasteiger partial charge in [0, 0.05) is 5.02 Å². The molecule has 0 saturated carbocycles. The van der Waals surface area contributed by atoms with Crippen LogP contribution in [0.25, 0.3) is 0 Å². The standard InChI is InChI=1S/C14H16ClNO2/c1-9-4-7-13(18-9)14(16-2)11-6-5-10(17-3)8-12(11)15/h4-8,14,16H,1-3H3. The molecule has 1 unspecified atom stereocenters. The summed E-state index contributed by atoms with van der Waals surface area (Å²) in [5.41, 5.74) is 0.967. The molecular weight excluding hydrogens is 250 g/mol. The average Bonchev–Trinajstić information content (AvgIpc) is 2.78. The molecule has 3 nitrogen and oxygen atoms in total. The fourth-order valence-electron chi connectivity index (χ4n) is 1.93. The van der Waals surface area contributed by atoms with Gasteiger partial charge in [0.25, 0.3) is 0 Å². The van der Waals surface area contributed by atoms with Gasteiger partial charge in [-0.15, -0.1) is 0 Å². The second-order valence-corrected chi connectivity index (χ2v) is 4.46. The van der Waals surface area contributed by atoms with Gasteiger partial charge in [-0.1, -0.05) is 17.7 Å². The Labute approximate surface area is 112 Å². The Morgan fingerprint density at radius 3 is 2.56 bits per heavy atom. The number of halogens is 1. The number of hydrogen-bond acceptors (Lipinski definition) is 3. The second kappa shape index (κ2) is 5.46. The quantitative estimate of drug-likeness (QED) is 0.918. The van der Waals surface area contributed by atoms with Crippen molar-refractivity contribution in [2.24, 2.45) is 0 Å². The summed E-state index contributed by atoms with van der Waals surface area (Å²) >= 11 is 6.28. The lowest BCUT2D eigenvalue weighted by atomic mass is 10.0. The zero-order valence-electron chi connectivity index (χ0n) is 10.7. The summed E-state index contributed by atoms with van der Waals surface area (Å²) in [5, 5.41) is 3.86. The summed E-state index contributed by atoms with van der Waals surface area (Å²) in [6.45, 7) is 1.92. The molecule has 1 aromatic carbocycles. The van der Waals surface area contributed by atoms with Crippen molar-refractivity contribution >= 4 is 11.6 Å². The predicted molar refractivity (Wildman–Crippen MR) is 72.4 cm³/mol. The number of methoxy groups -OCH3 is 1. The monoisotopic (exact) mass is 265 g/mol.